The summed E-state index contributed by atoms with van der Waals surface area (Å²) in [5.74, 6) is 0. The van der Waals surface area contributed by atoms with Gasteiger partial charge in [0.15, 0.2) is 10.5 Å². The number of benzene rings is 1. The predicted octanol–water partition coefficient (Wildman–Crippen LogP) is 3.65. The zero-order valence-electron chi connectivity index (χ0n) is 14.7. The molecule has 0 saturated heterocycles. The molecule has 136 valence electrons. The number of aromatic nitrogens is 4. The van der Waals surface area contributed by atoms with Crippen LogP contribution in [0.4, 0.5) is 0 Å². The Hall–Kier alpha value is -2.71. The van der Waals surface area contributed by atoms with Gasteiger partial charge in [0.25, 0.3) is 0 Å². The van der Waals surface area contributed by atoms with E-state index < -0.39 is 9.84 Å². The van der Waals surface area contributed by atoms with Crippen molar-refractivity contribution in [3.8, 4) is 11.3 Å². The summed E-state index contributed by atoms with van der Waals surface area (Å²) in [6.45, 7) is 1.88. The van der Waals surface area contributed by atoms with Gasteiger partial charge in [-0.1, -0.05) is 18.2 Å². The van der Waals surface area contributed by atoms with Gasteiger partial charge in [-0.25, -0.2) is 17.9 Å². The van der Waals surface area contributed by atoms with E-state index in [4.69, 9.17) is 0 Å². The molecule has 0 N–H and O–H groups in total. The van der Waals surface area contributed by atoms with Gasteiger partial charge in [0.05, 0.1) is 10.6 Å². The summed E-state index contributed by atoms with van der Waals surface area (Å²) in [6, 6.07) is 13.9. The lowest BCUT2D eigenvalue weighted by atomic mass is 10.2. The molecule has 8 heteroatoms. The van der Waals surface area contributed by atoms with Crippen LogP contribution in [0.25, 0.3) is 16.9 Å². The minimum absolute atomic E-state index is 0.139. The highest BCUT2D eigenvalue weighted by Crippen LogP contribution is 2.33. The summed E-state index contributed by atoms with van der Waals surface area (Å²) < 4.78 is 28.3. The van der Waals surface area contributed by atoms with E-state index in [0.717, 1.165) is 11.3 Å². The normalized spacial score (nSPS) is 11.8. The molecular formula is C19H16N4O2S2. The molecule has 3 heterocycles. The van der Waals surface area contributed by atoms with E-state index in [1.165, 1.54) is 11.8 Å². The first kappa shape index (κ1) is 17.7. The Labute approximate surface area is 161 Å². The quantitative estimate of drug-likeness (QED) is 0.490. The highest BCUT2D eigenvalue weighted by molar-refractivity contribution is 7.99. The molecule has 4 aromatic rings. The molecule has 0 aliphatic heterocycles. The van der Waals surface area contributed by atoms with Crippen LogP contribution in [-0.4, -0.2) is 34.3 Å². The maximum atomic E-state index is 13.3. The first-order chi connectivity index (χ1) is 13.0. The van der Waals surface area contributed by atoms with Crippen molar-refractivity contribution in [3.05, 3.63) is 66.6 Å². The molecule has 0 saturated carbocycles. The summed E-state index contributed by atoms with van der Waals surface area (Å²) >= 11 is 1.29. The smallest absolute Gasteiger partial charge is 0.213 e. The topological polar surface area (TPSA) is 77.2 Å². The molecule has 27 heavy (non-hydrogen) atoms. The first-order valence-corrected chi connectivity index (χ1v) is 10.9. The van der Waals surface area contributed by atoms with Crippen LogP contribution >= 0.6 is 11.8 Å². The Kier molecular flexibility index (Phi) is 4.45. The number of fused-ring (bicyclic) bond motifs is 1. The molecule has 0 radical (unpaired) electrons. The third-order valence-electron chi connectivity index (χ3n) is 4.19. The van der Waals surface area contributed by atoms with Crippen molar-refractivity contribution in [2.75, 3.05) is 6.26 Å². The van der Waals surface area contributed by atoms with Crippen LogP contribution in [0, 0.1) is 6.92 Å². The number of nitrogens with zero attached hydrogens (tertiary/aromatic N) is 4. The minimum Gasteiger partial charge on any atom is -0.265 e. The standard InChI is InChI=1S/C19H16N4O2S2/c1-13-12-16(14-8-10-20-11-9-14)21-18-17(19(26-2)22-23(13)18)27(24,25)15-6-4-3-5-7-15/h3-12H,1-2H3. The van der Waals surface area contributed by atoms with E-state index in [1.54, 1.807) is 47.2 Å². The van der Waals surface area contributed by atoms with Gasteiger partial charge in [-0.05, 0) is 43.5 Å². The second-order valence-corrected chi connectivity index (χ2v) is 8.59. The van der Waals surface area contributed by atoms with Gasteiger partial charge in [0.2, 0.25) is 9.84 Å². The first-order valence-electron chi connectivity index (χ1n) is 8.17. The lowest BCUT2D eigenvalue weighted by molar-refractivity contribution is 0.594. The molecule has 0 fully saturated rings. The van der Waals surface area contributed by atoms with Crippen LogP contribution in [0.5, 0.6) is 0 Å². The van der Waals surface area contributed by atoms with Gasteiger partial charge in [0, 0.05) is 23.7 Å². The van der Waals surface area contributed by atoms with Crippen molar-refractivity contribution in [1.82, 2.24) is 19.6 Å². The Morgan fingerprint density at radius 3 is 2.41 bits per heavy atom. The number of pyridine rings is 1. The van der Waals surface area contributed by atoms with Crippen LogP contribution in [0.1, 0.15) is 5.69 Å². The molecule has 0 unspecified atom stereocenters. The molecule has 0 atom stereocenters. The van der Waals surface area contributed by atoms with Gasteiger partial charge in [-0.2, -0.15) is 5.10 Å². The molecule has 0 spiro atoms. The van der Waals surface area contributed by atoms with E-state index in [0.29, 0.717) is 16.4 Å². The van der Waals surface area contributed by atoms with E-state index in [-0.39, 0.29) is 9.79 Å². The maximum Gasteiger partial charge on any atom is 0.213 e. The lowest BCUT2D eigenvalue weighted by Crippen LogP contribution is -2.04. The third kappa shape index (κ3) is 3.00. The van der Waals surface area contributed by atoms with Gasteiger partial charge in [-0.15, -0.1) is 11.8 Å². The van der Waals surface area contributed by atoms with Crippen molar-refractivity contribution >= 4 is 27.2 Å². The van der Waals surface area contributed by atoms with E-state index in [9.17, 15) is 8.42 Å². The van der Waals surface area contributed by atoms with Gasteiger partial charge in [-0.3, -0.25) is 4.98 Å². The second-order valence-electron chi connectivity index (χ2n) is 5.91. The number of thioether (sulfide) groups is 1. The predicted molar refractivity (Wildman–Crippen MR) is 105 cm³/mol. The average molecular weight is 396 g/mol. The van der Waals surface area contributed by atoms with Gasteiger partial charge >= 0.3 is 0 Å². The maximum absolute atomic E-state index is 13.3. The molecule has 3 aromatic heterocycles. The second kappa shape index (κ2) is 6.79. The Balaban J connectivity index is 2.04. The number of aryl methyl sites for hydroxylation is 1. The van der Waals surface area contributed by atoms with Crippen molar-refractivity contribution in [3.63, 3.8) is 0 Å². The molecule has 0 aliphatic rings. The minimum atomic E-state index is -3.76. The number of sulfone groups is 1. The SMILES string of the molecule is CSc1nn2c(C)cc(-c3ccncc3)nc2c1S(=O)(=O)c1ccccc1. The fourth-order valence-corrected chi connectivity index (χ4v) is 5.29. The van der Waals surface area contributed by atoms with Crippen LogP contribution in [0.15, 0.2) is 75.7 Å². The van der Waals surface area contributed by atoms with Crippen molar-refractivity contribution < 1.29 is 8.42 Å². The molecular weight excluding hydrogens is 380 g/mol. The largest absolute Gasteiger partial charge is 0.265 e. The van der Waals surface area contributed by atoms with Gasteiger partial charge < -0.3 is 0 Å². The highest BCUT2D eigenvalue weighted by atomic mass is 32.2. The number of rotatable bonds is 4. The monoisotopic (exact) mass is 396 g/mol. The van der Waals surface area contributed by atoms with Gasteiger partial charge in [0.1, 0.15) is 5.03 Å². The highest BCUT2D eigenvalue weighted by Gasteiger charge is 2.29. The van der Waals surface area contributed by atoms with Crippen LogP contribution in [-0.2, 0) is 9.84 Å². The summed E-state index contributed by atoms with van der Waals surface area (Å²) in [7, 11) is -3.76. The molecule has 4 rings (SSSR count). The lowest BCUT2D eigenvalue weighted by Gasteiger charge is -2.07. The van der Waals surface area contributed by atoms with Crippen LogP contribution in [0.2, 0.25) is 0 Å². The van der Waals surface area contributed by atoms with E-state index in [2.05, 4.69) is 15.1 Å². The summed E-state index contributed by atoms with van der Waals surface area (Å²) in [5.41, 5.74) is 2.68. The Morgan fingerprint density at radius 2 is 1.74 bits per heavy atom. The number of hydrogen-bond donors (Lipinski definition) is 0. The molecule has 0 amide bonds. The molecule has 1 aromatic carbocycles. The summed E-state index contributed by atoms with van der Waals surface area (Å²) in [5, 5.41) is 4.91. The van der Waals surface area contributed by atoms with Crippen LogP contribution in [0.3, 0.4) is 0 Å². The molecule has 0 bridgehead atoms. The van der Waals surface area contributed by atoms with Crippen molar-refractivity contribution in [2.24, 2.45) is 0 Å². The molecule has 0 aliphatic carbocycles. The zero-order valence-corrected chi connectivity index (χ0v) is 16.3. The van der Waals surface area contributed by atoms with Crippen molar-refractivity contribution in [2.45, 2.75) is 21.7 Å². The Morgan fingerprint density at radius 1 is 1.04 bits per heavy atom. The van der Waals surface area contributed by atoms with E-state index in [1.807, 2.05) is 31.4 Å². The zero-order chi connectivity index (χ0) is 19.0. The fraction of sp³-hybridized carbons (Fsp3) is 0.105. The third-order valence-corrected chi connectivity index (χ3v) is 6.79. The molecule has 6 nitrogen and oxygen atoms in total. The van der Waals surface area contributed by atoms with Crippen LogP contribution < -0.4 is 0 Å². The fourth-order valence-electron chi connectivity index (χ4n) is 2.88. The summed E-state index contributed by atoms with van der Waals surface area (Å²) in [4.78, 5) is 9.04. The van der Waals surface area contributed by atoms with E-state index >= 15 is 0 Å². The number of hydrogen-bond acceptors (Lipinski definition) is 6. The summed E-state index contributed by atoms with van der Waals surface area (Å²) in [6.07, 6.45) is 5.18. The Bertz CT molecular complexity index is 1220. The average Bonchev–Trinajstić information content (AvgIpc) is 3.09. The van der Waals surface area contributed by atoms with Crippen molar-refractivity contribution in [1.29, 1.82) is 0 Å².